The predicted octanol–water partition coefficient (Wildman–Crippen LogP) is 3.77. The van der Waals surface area contributed by atoms with Crippen molar-refractivity contribution in [2.75, 3.05) is 6.54 Å². The van der Waals surface area contributed by atoms with Gasteiger partial charge in [0.25, 0.3) is 0 Å². The molecule has 1 aliphatic heterocycles. The van der Waals surface area contributed by atoms with E-state index in [0.29, 0.717) is 13.0 Å². The summed E-state index contributed by atoms with van der Waals surface area (Å²) in [5.74, 6) is -0.0791. The second-order valence-corrected chi connectivity index (χ2v) is 7.54. The predicted molar refractivity (Wildman–Crippen MR) is 103 cm³/mol. The molecule has 1 N–H and O–H groups in total. The molecule has 0 unspecified atom stereocenters. The molecule has 0 radical (unpaired) electrons. The third-order valence-corrected chi connectivity index (χ3v) is 5.77. The fourth-order valence-corrected chi connectivity index (χ4v) is 4.26. The number of nitrogens with zero attached hydrogens (tertiary/aromatic N) is 2. The highest BCUT2D eigenvalue weighted by Gasteiger charge is 2.33. The summed E-state index contributed by atoms with van der Waals surface area (Å²) in [6.07, 6.45) is 3.10. The number of aromatic nitrogens is 1. The van der Waals surface area contributed by atoms with Gasteiger partial charge in [-0.2, -0.15) is 0 Å². The number of benzene rings is 1. The van der Waals surface area contributed by atoms with Crippen molar-refractivity contribution >= 4 is 23.2 Å². The number of carbonyl (C=O) groups is 2. The summed E-state index contributed by atoms with van der Waals surface area (Å²) in [4.78, 5) is 31.9. The van der Waals surface area contributed by atoms with E-state index < -0.39 is 6.04 Å². The van der Waals surface area contributed by atoms with Gasteiger partial charge in [-0.1, -0.05) is 37.3 Å². The molecule has 2 atom stereocenters. The first kappa shape index (κ1) is 18.6. The van der Waals surface area contributed by atoms with Crippen LogP contribution in [0.1, 0.15) is 61.0 Å². The van der Waals surface area contributed by atoms with Crippen LogP contribution in [-0.2, 0) is 9.59 Å². The number of hydrogen-bond acceptors (Lipinski definition) is 4. The van der Waals surface area contributed by atoms with Gasteiger partial charge in [0.1, 0.15) is 11.0 Å². The summed E-state index contributed by atoms with van der Waals surface area (Å²) in [6.45, 7) is 4.61. The molecule has 1 aromatic heterocycles. The Hall–Kier alpha value is -2.21. The second-order valence-electron chi connectivity index (χ2n) is 6.65. The van der Waals surface area contributed by atoms with E-state index in [1.807, 2.05) is 49.6 Å². The van der Waals surface area contributed by atoms with E-state index in [1.165, 1.54) is 0 Å². The molecule has 2 aromatic rings. The summed E-state index contributed by atoms with van der Waals surface area (Å²) >= 11 is 1.56. The standard InChI is InChI=1S/C20H25N3O2S/c1-3-16(20-21-14(2)13-26-20)22-19(25)18(15-9-5-4-6-10-15)23-12-8-7-11-17(23)24/h4-6,9-10,13,16,18H,3,7-8,11-12H2,1-2H3,(H,22,25)/t16-,18+/m0/s1. The molecule has 1 fully saturated rings. The lowest BCUT2D eigenvalue weighted by Crippen LogP contribution is -2.46. The molecule has 0 aliphatic carbocycles. The van der Waals surface area contributed by atoms with Gasteiger partial charge in [0.05, 0.1) is 6.04 Å². The first-order valence-corrected chi connectivity index (χ1v) is 10.0. The highest BCUT2D eigenvalue weighted by Crippen LogP contribution is 2.28. The SMILES string of the molecule is CC[C@H](NC(=O)[C@@H](c1ccccc1)N1CCCCC1=O)c1nc(C)cs1. The van der Waals surface area contributed by atoms with Gasteiger partial charge < -0.3 is 10.2 Å². The number of aryl methyl sites for hydroxylation is 1. The minimum Gasteiger partial charge on any atom is -0.345 e. The zero-order valence-electron chi connectivity index (χ0n) is 15.3. The zero-order valence-corrected chi connectivity index (χ0v) is 16.1. The molecule has 0 spiro atoms. The molecule has 2 amide bonds. The van der Waals surface area contributed by atoms with E-state index in [-0.39, 0.29) is 17.9 Å². The molecular weight excluding hydrogens is 346 g/mol. The third kappa shape index (κ3) is 4.12. The van der Waals surface area contributed by atoms with Gasteiger partial charge >= 0.3 is 0 Å². The minimum absolute atomic E-state index is 0.0541. The van der Waals surface area contributed by atoms with Crippen molar-refractivity contribution in [3.8, 4) is 0 Å². The van der Waals surface area contributed by atoms with Crippen molar-refractivity contribution in [3.05, 3.63) is 52.0 Å². The third-order valence-electron chi connectivity index (χ3n) is 4.69. The van der Waals surface area contributed by atoms with E-state index in [9.17, 15) is 9.59 Å². The number of thiazole rings is 1. The van der Waals surface area contributed by atoms with Crippen LogP contribution in [0.25, 0.3) is 0 Å². The molecule has 1 saturated heterocycles. The van der Waals surface area contributed by atoms with Crippen LogP contribution < -0.4 is 5.32 Å². The largest absolute Gasteiger partial charge is 0.345 e. The van der Waals surface area contributed by atoms with Crippen LogP contribution >= 0.6 is 11.3 Å². The molecule has 2 heterocycles. The maximum absolute atomic E-state index is 13.2. The smallest absolute Gasteiger partial charge is 0.248 e. The Kier molecular flexibility index (Phi) is 6.04. The van der Waals surface area contributed by atoms with Gasteiger partial charge in [-0.25, -0.2) is 4.98 Å². The first-order chi connectivity index (χ1) is 12.6. The summed E-state index contributed by atoms with van der Waals surface area (Å²) in [5.41, 5.74) is 1.81. The monoisotopic (exact) mass is 371 g/mol. The van der Waals surface area contributed by atoms with Gasteiger partial charge in [0.15, 0.2) is 0 Å². The van der Waals surface area contributed by atoms with E-state index in [0.717, 1.165) is 35.5 Å². The zero-order chi connectivity index (χ0) is 18.5. The van der Waals surface area contributed by atoms with Gasteiger partial charge in [0.2, 0.25) is 11.8 Å². The number of hydrogen-bond donors (Lipinski definition) is 1. The van der Waals surface area contributed by atoms with Gasteiger partial charge in [-0.3, -0.25) is 9.59 Å². The van der Waals surface area contributed by atoms with Crippen molar-refractivity contribution in [1.29, 1.82) is 0 Å². The summed E-state index contributed by atoms with van der Waals surface area (Å²) in [5, 5.41) is 6.03. The summed E-state index contributed by atoms with van der Waals surface area (Å²) < 4.78 is 0. The number of nitrogens with one attached hydrogen (secondary N) is 1. The average Bonchev–Trinajstić information content (AvgIpc) is 3.08. The van der Waals surface area contributed by atoms with Crippen LogP contribution in [0.3, 0.4) is 0 Å². The number of rotatable bonds is 6. The van der Waals surface area contributed by atoms with Crippen LogP contribution in [0.15, 0.2) is 35.7 Å². The van der Waals surface area contributed by atoms with E-state index in [1.54, 1.807) is 16.2 Å². The molecule has 5 nitrogen and oxygen atoms in total. The molecule has 0 bridgehead atoms. The molecule has 1 aromatic carbocycles. The van der Waals surface area contributed by atoms with Gasteiger partial charge in [-0.15, -0.1) is 11.3 Å². The molecule has 0 saturated carbocycles. The Bertz CT molecular complexity index is 759. The highest BCUT2D eigenvalue weighted by atomic mass is 32.1. The van der Waals surface area contributed by atoms with Crippen LogP contribution in [0.4, 0.5) is 0 Å². The molecule has 6 heteroatoms. The first-order valence-electron chi connectivity index (χ1n) is 9.17. The fraction of sp³-hybridized carbons (Fsp3) is 0.450. The summed E-state index contributed by atoms with van der Waals surface area (Å²) in [7, 11) is 0. The van der Waals surface area contributed by atoms with Crippen LogP contribution in [0.5, 0.6) is 0 Å². The Morgan fingerprint density at radius 2 is 2.08 bits per heavy atom. The Morgan fingerprint density at radius 1 is 1.31 bits per heavy atom. The van der Waals surface area contributed by atoms with Crippen LogP contribution in [0.2, 0.25) is 0 Å². The van der Waals surface area contributed by atoms with Crippen LogP contribution in [0, 0.1) is 6.92 Å². The highest BCUT2D eigenvalue weighted by molar-refractivity contribution is 7.09. The number of amides is 2. The van der Waals surface area contributed by atoms with E-state index >= 15 is 0 Å². The van der Waals surface area contributed by atoms with E-state index in [4.69, 9.17) is 0 Å². The molecular formula is C20H25N3O2S. The van der Waals surface area contributed by atoms with Crippen LogP contribution in [-0.4, -0.2) is 28.2 Å². The van der Waals surface area contributed by atoms with Crippen molar-refractivity contribution in [1.82, 2.24) is 15.2 Å². The topological polar surface area (TPSA) is 62.3 Å². The molecule has 3 rings (SSSR count). The molecule has 26 heavy (non-hydrogen) atoms. The maximum Gasteiger partial charge on any atom is 0.248 e. The second kappa shape index (κ2) is 8.45. The van der Waals surface area contributed by atoms with Crippen molar-refractivity contribution < 1.29 is 9.59 Å². The average molecular weight is 372 g/mol. The van der Waals surface area contributed by atoms with Crippen molar-refractivity contribution in [3.63, 3.8) is 0 Å². The Labute approximate surface area is 158 Å². The van der Waals surface area contributed by atoms with E-state index in [2.05, 4.69) is 10.3 Å². The summed E-state index contributed by atoms with van der Waals surface area (Å²) in [6, 6.07) is 8.86. The number of likely N-dealkylation sites (tertiary alicyclic amines) is 1. The quantitative estimate of drug-likeness (QED) is 0.841. The van der Waals surface area contributed by atoms with Crippen molar-refractivity contribution in [2.45, 2.75) is 51.6 Å². The van der Waals surface area contributed by atoms with Gasteiger partial charge in [0, 0.05) is 24.0 Å². The van der Waals surface area contributed by atoms with Gasteiger partial charge in [-0.05, 0) is 31.7 Å². The Balaban J connectivity index is 1.85. The molecule has 138 valence electrons. The normalized spacial score (nSPS) is 17.0. The number of carbonyl (C=O) groups excluding carboxylic acids is 2. The molecule has 1 aliphatic rings. The Morgan fingerprint density at radius 3 is 2.69 bits per heavy atom. The lowest BCUT2D eigenvalue weighted by atomic mass is 10.00. The lowest BCUT2D eigenvalue weighted by molar-refractivity contribution is -0.143. The minimum atomic E-state index is -0.584. The van der Waals surface area contributed by atoms with Crippen molar-refractivity contribution in [2.24, 2.45) is 0 Å². The lowest BCUT2D eigenvalue weighted by Gasteiger charge is -2.34. The fourth-order valence-electron chi connectivity index (χ4n) is 3.33. The number of piperidine rings is 1. The maximum atomic E-state index is 13.2.